The van der Waals surface area contributed by atoms with Crippen molar-refractivity contribution in [3.8, 4) is 5.82 Å². The van der Waals surface area contributed by atoms with E-state index in [9.17, 15) is 9.59 Å². The van der Waals surface area contributed by atoms with Crippen molar-refractivity contribution in [1.29, 1.82) is 0 Å². The number of pyridine rings is 1. The van der Waals surface area contributed by atoms with Gasteiger partial charge < -0.3 is 14.4 Å². The number of fused-ring (bicyclic) bond motifs is 3. The first kappa shape index (κ1) is 24.3. The number of H-pyrrole nitrogens is 1. The molecule has 1 aliphatic carbocycles. The summed E-state index contributed by atoms with van der Waals surface area (Å²) in [5, 5.41) is 10.3. The van der Waals surface area contributed by atoms with Gasteiger partial charge in [0.25, 0.3) is 12.1 Å². The van der Waals surface area contributed by atoms with Crippen LogP contribution < -0.4 is 4.68 Å². The van der Waals surface area contributed by atoms with Crippen LogP contribution in [0.2, 0.25) is 0 Å². The highest BCUT2D eigenvalue weighted by molar-refractivity contribution is 5.92. The lowest BCUT2D eigenvalue weighted by Gasteiger charge is -2.46. The first-order valence-corrected chi connectivity index (χ1v) is 13.4. The van der Waals surface area contributed by atoms with Crippen LogP contribution in [-0.4, -0.2) is 87.1 Å². The standard InChI is InChI=1S/C27H28FN7O4/c1-15-10-21-19(27(37)39-15)2-3-20(25(21)28)23-12-33-8-9-34(11-16(33)13-38-23)26(36)18-4-6-22-17(18)5-7-24(30-22)35-14-29-31-32-35/h2-3,5,7,14-16,18,23H,4,6,8-13H2,1H3/p+1/t15-,16+,18?,23+/m1/s1. The molecule has 0 spiro atoms. The van der Waals surface area contributed by atoms with Crippen molar-refractivity contribution in [1.82, 2.24) is 30.3 Å². The van der Waals surface area contributed by atoms with Crippen LogP contribution in [0, 0.1) is 5.82 Å². The number of piperazine rings is 1. The lowest BCUT2D eigenvalue weighted by molar-refractivity contribution is -0.664. The van der Waals surface area contributed by atoms with Crippen molar-refractivity contribution in [2.24, 2.45) is 0 Å². The lowest BCUT2D eigenvalue weighted by Crippen LogP contribution is -2.60. The van der Waals surface area contributed by atoms with E-state index in [-0.39, 0.29) is 29.8 Å². The molecule has 0 radical (unpaired) electrons. The molecule has 3 aliphatic heterocycles. The minimum atomic E-state index is -0.477. The SMILES string of the molecule is C[C@@H]1Cc2c(ccc([C@@H]3CN4CCN(C(=O)C5CCc6nc(-[n+]7cnn[nH]7)ccc65)C[C@H]4CO3)c2F)C(=O)O1. The summed E-state index contributed by atoms with van der Waals surface area (Å²) in [5.74, 6) is -0.224. The summed E-state index contributed by atoms with van der Waals surface area (Å²) < 4.78 is 28.5. The molecule has 0 saturated carbocycles. The first-order chi connectivity index (χ1) is 19.0. The van der Waals surface area contributed by atoms with E-state index in [4.69, 9.17) is 14.5 Å². The molecule has 5 heterocycles. The normalized spacial score (nSPS) is 26.5. The number of cyclic esters (lactones) is 1. The zero-order valence-corrected chi connectivity index (χ0v) is 21.5. The van der Waals surface area contributed by atoms with Crippen LogP contribution in [0.5, 0.6) is 0 Å². The fourth-order valence-electron chi connectivity index (χ4n) is 6.38. The Bertz CT molecular complexity index is 1450. The van der Waals surface area contributed by atoms with E-state index < -0.39 is 12.1 Å². The van der Waals surface area contributed by atoms with E-state index in [1.807, 2.05) is 17.0 Å². The maximum absolute atomic E-state index is 15.5. The third-order valence-electron chi connectivity index (χ3n) is 8.41. The van der Waals surface area contributed by atoms with Gasteiger partial charge in [0.2, 0.25) is 5.91 Å². The molecule has 39 heavy (non-hydrogen) atoms. The number of amides is 1. The molecule has 1 aromatic carbocycles. The molecule has 7 rings (SSSR count). The average Bonchev–Trinajstić information content (AvgIpc) is 3.63. The van der Waals surface area contributed by atoms with Gasteiger partial charge in [0.15, 0.2) is 0 Å². The van der Waals surface area contributed by atoms with E-state index in [1.165, 1.54) is 0 Å². The Balaban J connectivity index is 1.02. The van der Waals surface area contributed by atoms with Crippen molar-refractivity contribution < 1.29 is 28.1 Å². The van der Waals surface area contributed by atoms with Crippen molar-refractivity contribution >= 4 is 11.9 Å². The Kier molecular flexibility index (Phi) is 5.89. The summed E-state index contributed by atoms with van der Waals surface area (Å²) >= 11 is 0. The van der Waals surface area contributed by atoms with Gasteiger partial charge in [0.05, 0.1) is 30.2 Å². The summed E-state index contributed by atoms with van der Waals surface area (Å²) in [6, 6.07) is 7.21. The Morgan fingerprint density at radius 1 is 1.18 bits per heavy atom. The third-order valence-corrected chi connectivity index (χ3v) is 8.41. The van der Waals surface area contributed by atoms with E-state index >= 15 is 4.39 Å². The van der Waals surface area contributed by atoms with Gasteiger partial charge in [-0.15, -0.1) is 9.67 Å². The van der Waals surface area contributed by atoms with E-state index in [0.29, 0.717) is 61.7 Å². The van der Waals surface area contributed by atoms with Crippen LogP contribution in [0.3, 0.4) is 0 Å². The topological polar surface area (TPSA) is 117 Å². The maximum atomic E-state index is 15.5. The number of tetrazole rings is 1. The van der Waals surface area contributed by atoms with Crippen LogP contribution in [0.15, 0.2) is 30.6 Å². The highest BCUT2D eigenvalue weighted by atomic mass is 19.1. The Labute approximate surface area is 223 Å². The van der Waals surface area contributed by atoms with Gasteiger partial charge in [0, 0.05) is 61.3 Å². The average molecular weight is 535 g/mol. The fraction of sp³-hybridized carbons (Fsp3) is 0.481. The van der Waals surface area contributed by atoms with Crippen LogP contribution in [-0.2, 0) is 27.1 Å². The molecular weight excluding hydrogens is 505 g/mol. The van der Waals surface area contributed by atoms with Crippen LogP contribution in [0.25, 0.3) is 5.82 Å². The second-order valence-corrected chi connectivity index (χ2v) is 10.8. The second kappa shape index (κ2) is 9.45. The largest absolute Gasteiger partial charge is 0.459 e. The minimum Gasteiger partial charge on any atom is -0.459 e. The summed E-state index contributed by atoms with van der Waals surface area (Å²) in [6.07, 6.45) is 2.62. The van der Waals surface area contributed by atoms with Gasteiger partial charge in [0.1, 0.15) is 22.8 Å². The second-order valence-electron chi connectivity index (χ2n) is 10.8. The van der Waals surface area contributed by atoms with Crippen molar-refractivity contribution in [2.45, 2.75) is 50.4 Å². The van der Waals surface area contributed by atoms with E-state index in [2.05, 4.69) is 20.4 Å². The number of hydrogen-bond donors (Lipinski definition) is 1. The molecule has 4 aliphatic rings. The number of aromatic nitrogens is 5. The quantitative estimate of drug-likeness (QED) is 0.391. The van der Waals surface area contributed by atoms with E-state index in [0.717, 1.165) is 24.1 Å². The fourth-order valence-corrected chi connectivity index (χ4v) is 6.38. The molecule has 1 unspecified atom stereocenters. The van der Waals surface area contributed by atoms with Crippen LogP contribution >= 0.6 is 0 Å². The zero-order valence-electron chi connectivity index (χ0n) is 21.5. The third kappa shape index (κ3) is 4.18. The number of aromatic amines is 1. The monoisotopic (exact) mass is 534 g/mol. The van der Waals surface area contributed by atoms with Gasteiger partial charge in [-0.05, 0) is 31.0 Å². The number of nitrogens with one attached hydrogen (secondary N) is 1. The molecule has 2 fully saturated rings. The molecule has 4 atom stereocenters. The number of rotatable bonds is 3. The van der Waals surface area contributed by atoms with Gasteiger partial charge in [-0.1, -0.05) is 11.3 Å². The Morgan fingerprint density at radius 3 is 2.90 bits per heavy atom. The molecule has 3 aromatic rings. The first-order valence-electron chi connectivity index (χ1n) is 13.4. The number of aryl methyl sites for hydroxylation is 1. The molecule has 0 bridgehead atoms. The summed E-state index contributed by atoms with van der Waals surface area (Å²) in [5.41, 5.74) is 3.11. The van der Waals surface area contributed by atoms with Gasteiger partial charge in [-0.3, -0.25) is 9.69 Å². The number of benzene rings is 1. The maximum Gasteiger partial charge on any atom is 0.338 e. The summed E-state index contributed by atoms with van der Waals surface area (Å²) in [4.78, 5) is 34.7. The van der Waals surface area contributed by atoms with Gasteiger partial charge in [-0.2, -0.15) is 0 Å². The number of morpholine rings is 1. The molecule has 12 heteroatoms. The Hall–Kier alpha value is -3.77. The van der Waals surface area contributed by atoms with Crippen molar-refractivity contribution in [2.75, 3.05) is 32.8 Å². The highest BCUT2D eigenvalue weighted by Crippen LogP contribution is 2.36. The number of carbonyl (C=O) groups excluding carboxylic acids is 2. The number of nitrogens with zero attached hydrogens (tertiary/aromatic N) is 6. The predicted octanol–water partition coefficient (Wildman–Crippen LogP) is 1.03. The zero-order chi connectivity index (χ0) is 26.7. The molecule has 202 valence electrons. The minimum absolute atomic E-state index is 0.0558. The highest BCUT2D eigenvalue weighted by Gasteiger charge is 2.40. The smallest absolute Gasteiger partial charge is 0.338 e. The molecule has 2 saturated heterocycles. The number of esters is 1. The summed E-state index contributed by atoms with van der Waals surface area (Å²) in [6.45, 7) is 4.62. The van der Waals surface area contributed by atoms with Gasteiger partial charge >= 0.3 is 5.97 Å². The number of carbonyl (C=O) groups is 2. The number of ether oxygens (including phenoxy) is 2. The molecule has 1 N–H and O–H groups in total. The lowest BCUT2D eigenvalue weighted by atomic mass is 9.93. The van der Waals surface area contributed by atoms with Crippen LogP contribution in [0.1, 0.15) is 58.1 Å². The molecule has 2 aromatic heterocycles. The van der Waals surface area contributed by atoms with Gasteiger partial charge in [-0.25, -0.2) is 9.18 Å². The van der Waals surface area contributed by atoms with E-state index in [1.54, 1.807) is 30.1 Å². The Morgan fingerprint density at radius 2 is 2.05 bits per heavy atom. The predicted molar refractivity (Wildman–Crippen MR) is 132 cm³/mol. The van der Waals surface area contributed by atoms with Crippen LogP contribution in [0.4, 0.5) is 4.39 Å². The summed E-state index contributed by atoms with van der Waals surface area (Å²) in [7, 11) is 0. The molecule has 1 amide bonds. The number of halogens is 1. The molecular formula is C27H29FN7O4+. The van der Waals surface area contributed by atoms with Crippen molar-refractivity contribution in [3.05, 3.63) is 64.4 Å². The molecule has 11 nitrogen and oxygen atoms in total. The van der Waals surface area contributed by atoms with Crippen molar-refractivity contribution in [3.63, 3.8) is 0 Å². The number of hydrogen-bond acceptors (Lipinski definition) is 8.